The Morgan fingerprint density at radius 3 is 2.56 bits per heavy atom. The second kappa shape index (κ2) is 4.97. The van der Waals surface area contributed by atoms with Crippen molar-refractivity contribution in [3.05, 3.63) is 11.1 Å². The lowest BCUT2D eigenvalue weighted by molar-refractivity contribution is -0.131. The van der Waals surface area contributed by atoms with Gasteiger partial charge in [0.1, 0.15) is 0 Å². The number of nitrogens with zero attached hydrogens (tertiary/aromatic N) is 1. The molecule has 0 unspecified atom stereocenters. The highest BCUT2D eigenvalue weighted by Gasteiger charge is 2.30. The van der Waals surface area contributed by atoms with Crippen molar-refractivity contribution in [2.45, 2.75) is 32.2 Å². The fourth-order valence-corrected chi connectivity index (χ4v) is 2.14. The monoisotopic (exact) mass is 224 g/mol. The molecule has 0 aromatic heterocycles. The molecule has 4 nitrogen and oxygen atoms in total. The maximum Gasteiger partial charge on any atom is 0.249 e. The minimum Gasteiger partial charge on any atom is -0.395 e. The summed E-state index contributed by atoms with van der Waals surface area (Å²) in [7, 11) is 0. The van der Waals surface area contributed by atoms with Crippen LogP contribution in [0.1, 0.15) is 26.2 Å². The molecule has 4 heteroatoms. The van der Waals surface area contributed by atoms with Gasteiger partial charge >= 0.3 is 0 Å². The Balaban J connectivity index is 2.03. The Hall–Kier alpha value is -0.870. The first-order valence-corrected chi connectivity index (χ1v) is 6.05. The minimum absolute atomic E-state index is 0.0586. The number of amides is 1. The maximum atomic E-state index is 12.2. The SMILES string of the molecule is CC(C(=O)N(CCO)C1CCC1)=C1CNC1. The van der Waals surface area contributed by atoms with Crippen molar-refractivity contribution in [1.29, 1.82) is 0 Å². The molecule has 90 valence electrons. The average Bonchev–Trinajstić information content (AvgIpc) is 2.10. The van der Waals surface area contributed by atoms with E-state index in [1.165, 1.54) is 12.0 Å². The number of hydrogen-bond donors (Lipinski definition) is 2. The van der Waals surface area contributed by atoms with Crippen molar-refractivity contribution in [3.63, 3.8) is 0 Å². The predicted molar refractivity (Wildman–Crippen MR) is 62.0 cm³/mol. The summed E-state index contributed by atoms with van der Waals surface area (Å²) >= 11 is 0. The summed E-state index contributed by atoms with van der Waals surface area (Å²) in [5, 5.41) is 12.2. The van der Waals surface area contributed by atoms with E-state index < -0.39 is 0 Å². The smallest absolute Gasteiger partial charge is 0.249 e. The van der Waals surface area contributed by atoms with Crippen molar-refractivity contribution < 1.29 is 9.90 Å². The highest BCUT2D eigenvalue weighted by Crippen LogP contribution is 2.26. The number of hydrogen-bond acceptors (Lipinski definition) is 3. The van der Waals surface area contributed by atoms with Crippen LogP contribution in [0, 0.1) is 0 Å². The second-order valence-electron chi connectivity index (χ2n) is 4.64. The fraction of sp³-hybridized carbons (Fsp3) is 0.750. The van der Waals surface area contributed by atoms with Crippen molar-refractivity contribution in [3.8, 4) is 0 Å². The van der Waals surface area contributed by atoms with Crippen molar-refractivity contribution in [2.24, 2.45) is 0 Å². The molecule has 1 saturated carbocycles. The number of carbonyl (C=O) groups is 1. The average molecular weight is 224 g/mol. The third kappa shape index (κ3) is 2.13. The first-order chi connectivity index (χ1) is 7.74. The molecule has 2 rings (SSSR count). The lowest BCUT2D eigenvalue weighted by atomic mass is 9.90. The zero-order valence-electron chi connectivity index (χ0n) is 9.83. The molecule has 1 aliphatic carbocycles. The third-order valence-electron chi connectivity index (χ3n) is 3.65. The zero-order chi connectivity index (χ0) is 11.5. The van der Waals surface area contributed by atoms with Gasteiger partial charge in [-0.1, -0.05) is 0 Å². The van der Waals surface area contributed by atoms with Crippen LogP contribution < -0.4 is 5.32 Å². The molecule has 0 spiro atoms. The molecule has 1 saturated heterocycles. The lowest BCUT2D eigenvalue weighted by Crippen LogP contribution is -2.47. The van der Waals surface area contributed by atoms with Crippen LogP contribution in [-0.2, 0) is 4.79 Å². The molecule has 16 heavy (non-hydrogen) atoms. The Morgan fingerprint density at radius 2 is 2.19 bits per heavy atom. The fourth-order valence-electron chi connectivity index (χ4n) is 2.14. The van der Waals surface area contributed by atoms with Crippen LogP contribution in [0.5, 0.6) is 0 Å². The quantitative estimate of drug-likeness (QED) is 0.674. The van der Waals surface area contributed by atoms with Crippen LogP contribution in [0.3, 0.4) is 0 Å². The van der Waals surface area contributed by atoms with Gasteiger partial charge in [-0.3, -0.25) is 4.79 Å². The molecule has 1 heterocycles. The Morgan fingerprint density at radius 1 is 1.50 bits per heavy atom. The van der Waals surface area contributed by atoms with Crippen molar-refractivity contribution in [2.75, 3.05) is 26.2 Å². The van der Waals surface area contributed by atoms with Crippen molar-refractivity contribution in [1.82, 2.24) is 10.2 Å². The summed E-state index contributed by atoms with van der Waals surface area (Å²) in [4.78, 5) is 14.1. The molecule has 0 radical (unpaired) electrons. The van der Waals surface area contributed by atoms with Gasteiger partial charge in [-0.15, -0.1) is 0 Å². The lowest BCUT2D eigenvalue weighted by Gasteiger charge is -2.38. The van der Waals surface area contributed by atoms with Crippen LogP contribution in [0.2, 0.25) is 0 Å². The standard InChI is InChI=1S/C12H20N2O2/c1-9(10-7-13-8-10)12(16)14(5-6-15)11-3-2-4-11/h11,13,15H,2-8H2,1H3. The maximum absolute atomic E-state index is 12.2. The normalized spacial score (nSPS) is 20.0. The van der Waals surface area contributed by atoms with E-state index in [1.54, 1.807) is 0 Å². The van der Waals surface area contributed by atoms with E-state index in [9.17, 15) is 4.79 Å². The summed E-state index contributed by atoms with van der Waals surface area (Å²) in [6.07, 6.45) is 3.39. The molecule has 1 aliphatic heterocycles. The highest BCUT2D eigenvalue weighted by molar-refractivity contribution is 5.94. The van der Waals surface area contributed by atoms with E-state index in [1.807, 2.05) is 11.8 Å². The van der Waals surface area contributed by atoms with E-state index in [0.717, 1.165) is 31.5 Å². The Bertz CT molecular complexity index is 302. The molecule has 2 N–H and O–H groups in total. The van der Waals surface area contributed by atoms with Crippen LogP contribution >= 0.6 is 0 Å². The van der Waals surface area contributed by atoms with Gasteiger partial charge in [0.2, 0.25) is 5.91 Å². The van der Waals surface area contributed by atoms with Gasteiger partial charge in [-0.25, -0.2) is 0 Å². The van der Waals surface area contributed by atoms with Gasteiger partial charge in [0.25, 0.3) is 0 Å². The van der Waals surface area contributed by atoms with E-state index in [0.29, 0.717) is 12.6 Å². The Labute approximate surface area is 96.3 Å². The van der Waals surface area contributed by atoms with Gasteiger partial charge < -0.3 is 15.3 Å². The van der Waals surface area contributed by atoms with Gasteiger partial charge in [0.05, 0.1) is 6.61 Å². The topological polar surface area (TPSA) is 52.6 Å². The molecule has 0 bridgehead atoms. The summed E-state index contributed by atoms with van der Waals surface area (Å²) in [5.41, 5.74) is 2.09. The van der Waals surface area contributed by atoms with Crippen molar-refractivity contribution >= 4 is 5.91 Å². The largest absolute Gasteiger partial charge is 0.395 e. The summed E-state index contributed by atoms with van der Waals surface area (Å²) in [6, 6.07) is 0.364. The first-order valence-electron chi connectivity index (χ1n) is 6.05. The molecule has 0 aromatic carbocycles. The van der Waals surface area contributed by atoms with E-state index >= 15 is 0 Å². The predicted octanol–water partition coefficient (Wildman–Crippen LogP) is 0.279. The molecule has 2 fully saturated rings. The van der Waals surface area contributed by atoms with Gasteiger partial charge in [-0.2, -0.15) is 0 Å². The van der Waals surface area contributed by atoms with E-state index in [2.05, 4.69) is 5.32 Å². The summed E-state index contributed by atoms with van der Waals surface area (Å²) < 4.78 is 0. The molecule has 0 aromatic rings. The summed E-state index contributed by atoms with van der Waals surface area (Å²) in [6.45, 7) is 4.12. The van der Waals surface area contributed by atoms with E-state index in [-0.39, 0.29) is 12.5 Å². The Kier molecular flexibility index (Phi) is 3.61. The number of rotatable bonds is 4. The molecule has 0 atom stereocenters. The second-order valence-corrected chi connectivity index (χ2v) is 4.64. The van der Waals surface area contributed by atoms with Gasteiger partial charge in [0.15, 0.2) is 0 Å². The number of aliphatic hydroxyl groups excluding tert-OH is 1. The summed E-state index contributed by atoms with van der Waals surface area (Å²) in [5.74, 6) is 0.121. The molecular weight excluding hydrogens is 204 g/mol. The number of nitrogens with one attached hydrogen (secondary N) is 1. The van der Waals surface area contributed by atoms with Gasteiger partial charge in [-0.05, 0) is 31.8 Å². The van der Waals surface area contributed by atoms with Crippen LogP contribution in [0.4, 0.5) is 0 Å². The molecular formula is C12H20N2O2. The highest BCUT2D eigenvalue weighted by atomic mass is 16.3. The van der Waals surface area contributed by atoms with Crippen LogP contribution in [-0.4, -0.2) is 48.2 Å². The molecule has 2 aliphatic rings. The van der Waals surface area contributed by atoms with Crippen LogP contribution in [0.25, 0.3) is 0 Å². The van der Waals surface area contributed by atoms with Crippen LogP contribution in [0.15, 0.2) is 11.1 Å². The van der Waals surface area contributed by atoms with Gasteiger partial charge in [0, 0.05) is 31.2 Å². The first kappa shape index (κ1) is 11.6. The number of carbonyl (C=O) groups excluding carboxylic acids is 1. The molecule has 1 amide bonds. The third-order valence-corrected chi connectivity index (χ3v) is 3.65. The zero-order valence-corrected chi connectivity index (χ0v) is 9.83. The number of aliphatic hydroxyl groups is 1. The van der Waals surface area contributed by atoms with E-state index in [4.69, 9.17) is 5.11 Å². The minimum atomic E-state index is 0.0586.